The number of nitrogens with zero attached hydrogens (tertiary/aromatic N) is 2. The van der Waals surface area contributed by atoms with E-state index in [1.807, 2.05) is 0 Å². The number of benzene rings is 1. The Kier molecular flexibility index (Phi) is 4.89. The molecule has 8 nitrogen and oxygen atoms in total. The van der Waals surface area contributed by atoms with Crippen molar-refractivity contribution in [3.8, 4) is 11.5 Å². The minimum Gasteiger partial charge on any atom is -0.493 e. The fourth-order valence-electron chi connectivity index (χ4n) is 2.03. The van der Waals surface area contributed by atoms with Gasteiger partial charge in [-0.25, -0.2) is 5.06 Å². The smallest absolute Gasteiger partial charge is 0.295 e. The Morgan fingerprint density at radius 2 is 1.95 bits per heavy atom. The zero-order chi connectivity index (χ0) is 14.0. The molecule has 1 aliphatic rings. The first-order valence-electron chi connectivity index (χ1n) is 5.57. The van der Waals surface area contributed by atoms with Gasteiger partial charge in [0, 0.05) is 6.42 Å². The summed E-state index contributed by atoms with van der Waals surface area (Å²) in [7, 11) is 3.02. The number of oxime groups is 1. The van der Waals surface area contributed by atoms with E-state index in [1.54, 1.807) is 18.2 Å². The van der Waals surface area contributed by atoms with Gasteiger partial charge in [0.1, 0.15) is 5.71 Å². The van der Waals surface area contributed by atoms with Crippen LogP contribution in [0.2, 0.25) is 0 Å². The Bertz CT molecular complexity index is 531. The van der Waals surface area contributed by atoms with E-state index < -0.39 is 11.9 Å². The standard InChI is InChI=1S/C12H14N2O5.H2O/c1-18-10-4-3-7(5-11(10)19-2)9-6-8(13-16)12(15)14(9)17;/h3-5,9,16-17H,6H2,1-2H3;1H2. The summed E-state index contributed by atoms with van der Waals surface area (Å²) in [4.78, 5) is 11.5. The van der Waals surface area contributed by atoms with Gasteiger partial charge in [-0.15, -0.1) is 0 Å². The summed E-state index contributed by atoms with van der Waals surface area (Å²) >= 11 is 0. The Hall–Kier alpha value is -2.32. The maximum atomic E-state index is 11.5. The maximum absolute atomic E-state index is 11.5. The van der Waals surface area contributed by atoms with Crippen molar-refractivity contribution in [3.05, 3.63) is 23.8 Å². The first-order valence-corrected chi connectivity index (χ1v) is 5.57. The molecule has 0 aliphatic carbocycles. The first-order chi connectivity index (χ1) is 9.12. The maximum Gasteiger partial charge on any atom is 0.295 e. The summed E-state index contributed by atoms with van der Waals surface area (Å²) in [5.74, 6) is 0.341. The van der Waals surface area contributed by atoms with Gasteiger partial charge in [0.25, 0.3) is 5.91 Å². The van der Waals surface area contributed by atoms with Gasteiger partial charge < -0.3 is 20.2 Å². The first kappa shape index (κ1) is 15.7. The molecule has 20 heavy (non-hydrogen) atoms. The molecule has 2 rings (SSSR count). The topological polar surface area (TPSA) is 123 Å². The summed E-state index contributed by atoms with van der Waals surface area (Å²) in [5.41, 5.74) is 0.578. The van der Waals surface area contributed by atoms with Crippen LogP contribution < -0.4 is 9.47 Å². The van der Waals surface area contributed by atoms with Crippen LogP contribution >= 0.6 is 0 Å². The molecule has 1 heterocycles. The van der Waals surface area contributed by atoms with Gasteiger partial charge in [0.2, 0.25) is 0 Å². The van der Waals surface area contributed by atoms with E-state index in [0.717, 1.165) is 0 Å². The van der Waals surface area contributed by atoms with E-state index in [-0.39, 0.29) is 17.6 Å². The molecule has 1 amide bonds. The lowest BCUT2D eigenvalue weighted by molar-refractivity contribution is -0.162. The van der Waals surface area contributed by atoms with E-state index in [1.165, 1.54) is 14.2 Å². The molecule has 1 saturated heterocycles. The van der Waals surface area contributed by atoms with Crippen molar-refractivity contribution in [2.75, 3.05) is 14.2 Å². The van der Waals surface area contributed by atoms with Gasteiger partial charge in [0.05, 0.1) is 20.3 Å². The highest BCUT2D eigenvalue weighted by atomic mass is 16.5. The second-order valence-electron chi connectivity index (χ2n) is 4.03. The minimum atomic E-state index is -0.706. The van der Waals surface area contributed by atoms with Crippen molar-refractivity contribution >= 4 is 11.6 Å². The van der Waals surface area contributed by atoms with Crippen LogP contribution in [0.5, 0.6) is 11.5 Å². The highest BCUT2D eigenvalue weighted by molar-refractivity contribution is 6.40. The number of hydrogen-bond donors (Lipinski definition) is 2. The molecule has 0 bridgehead atoms. The lowest BCUT2D eigenvalue weighted by atomic mass is 10.0. The normalized spacial score (nSPS) is 19.9. The van der Waals surface area contributed by atoms with Gasteiger partial charge >= 0.3 is 0 Å². The molecular formula is C12H16N2O6. The molecule has 0 saturated carbocycles. The van der Waals surface area contributed by atoms with Crippen LogP contribution in [0.15, 0.2) is 23.4 Å². The molecule has 8 heteroatoms. The molecule has 1 unspecified atom stereocenters. The summed E-state index contributed by atoms with van der Waals surface area (Å²) < 4.78 is 10.3. The van der Waals surface area contributed by atoms with Crippen LogP contribution in [-0.2, 0) is 4.79 Å². The third kappa shape index (κ3) is 2.51. The van der Waals surface area contributed by atoms with Crippen molar-refractivity contribution in [1.29, 1.82) is 0 Å². The number of ether oxygens (including phenoxy) is 2. The number of carbonyl (C=O) groups excluding carboxylic acids is 1. The molecule has 0 spiro atoms. The Labute approximate surface area is 115 Å². The number of rotatable bonds is 3. The van der Waals surface area contributed by atoms with Crippen molar-refractivity contribution in [1.82, 2.24) is 5.06 Å². The third-order valence-corrected chi connectivity index (χ3v) is 3.05. The Morgan fingerprint density at radius 1 is 1.30 bits per heavy atom. The number of methoxy groups -OCH3 is 2. The minimum absolute atomic E-state index is 0. The number of amides is 1. The second-order valence-corrected chi connectivity index (χ2v) is 4.03. The summed E-state index contributed by atoms with van der Waals surface area (Å²) in [6.45, 7) is 0. The van der Waals surface area contributed by atoms with E-state index in [4.69, 9.17) is 14.7 Å². The van der Waals surface area contributed by atoms with Crippen molar-refractivity contribution in [3.63, 3.8) is 0 Å². The largest absolute Gasteiger partial charge is 0.493 e. The van der Waals surface area contributed by atoms with E-state index in [9.17, 15) is 10.0 Å². The number of hydrogen-bond acceptors (Lipinski definition) is 6. The van der Waals surface area contributed by atoms with E-state index in [2.05, 4.69) is 5.16 Å². The summed E-state index contributed by atoms with van der Waals surface area (Å²) in [5, 5.41) is 21.8. The van der Waals surface area contributed by atoms with Crippen molar-refractivity contribution in [2.45, 2.75) is 12.5 Å². The van der Waals surface area contributed by atoms with Crippen LogP contribution in [0.25, 0.3) is 0 Å². The van der Waals surface area contributed by atoms with Crippen LogP contribution in [0, 0.1) is 0 Å². The lowest BCUT2D eigenvalue weighted by Crippen LogP contribution is -2.25. The summed E-state index contributed by atoms with van der Waals surface area (Å²) in [6, 6.07) is 4.46. The molecule has 110 valence electrons. The van der Waals surface area contributed by atoms with Crippen LogP contribution in [0.1, 0.15) is 18.0 Å². The zero-order valence-electron chi connectivity index (χ0n) is 11.0. The van der Waals surface area contributed by atoms with Crippen molar-refractivity contribution < 1.29 is 30.2 Å². The molecular weight excluding hydrogens is 268 g/mol. The van der Waals surface area contributed by atoms with E-state index >= 15 is 0 Å². The molecule has 4 N–H and O–H groups in total. The Balaban J connectivity index is 0.00000200. The monoisotopic (exact) mass is 284 g/mol. The quantitative estimate of drug-likeness (QED) is 0.471. The molecule has 1 aromatic carbocycles. The Morgan fingerprint density at radius 3 is 2.45 bits per heavy atom. The fraction of sp³-hybridized carbons (Fsp3) is 0.333. The molecule has 1 aromatic rings. The van der Waals surface area contributed by atoms with Gasteiger partial charge in [-0.3, -0.25) is 10.0 Å². The van der Waals surface area contributed by atoms with Crippen LogP contribution in [-0.4, -0.2) is 46.8 Å². The van der Waals surface area contributed by atoms with Gasteiger partial charge in [-0.05, 0) is 17.7 Å². The molecule has 1 fully saturated rings. The number of carbonyl (C=O) groups is 1. The van der Waals surface area contributed by atoms with Crippen LogP contribution in [0.3, 0.4) is 0 Å². The van der Waals surface area contributed by atoms with Crippen LogP contribution in [0.4, 0.5) is 0 Å². The highest BCUT2D eigenvalue weighted by Crippen LogP contribution is 2.35. The predicted molar refractivity (Wildman–Crippen MR) is 68.4 cm³/mol. The highest BCUT2D eigenvalue weighted by Gasteiger charge is 2.37. The molecule has 0 radical (unpaired) electrons. The van der Waals surface area contributed by atoms with Crippen molar-refractivity contribution in [2.24, 2.45) is 5.16 Å². The molecule has 1 aliphatic heterocycles. The summed E-state index contributed by atoms with van der Waals surface area (Å²) in [6.07, 6.45) is 0.126. The third-order valence-electron chi connectivity index (χ3n) is 3.05. The second kappa shape index (κ2) is 6.22. The lowest BCUT2D eigenvalue weighted by Gasteiger charge is -2.18. The zero-order valence-corrected chi connectivity index (χ0v) is 11.0. The average molecular weight is 284 g/mol. The van der Waals surface area contributed by atoms with E-state index in [0.29, 0.717) is 22.1 Å². The van der Waals surface area contributed by atoms with Gasteiger partial charge in [-0.1, -0.05) is 11.2 Å². The molecule has 0 aromatic heterocycles. The van der Waals surface area contributed by atoms with Gasteiger partial charge in [-0.2, -0.15) is 0 Å². The molecule has 1 atom stereocenters. The number of hydroxylamine groups is 2. The SMILES string of the molecule is COc1ccc(C2CC(=NO)C(=O)N2O)cc1OC.O. The average Bonchev–Trinajstić information content (AvgIpc) is 2.74. The predicted octanol–water partition coefficient (Wildman–Crippen LogP) is 0.372. The fourth-order valence-corrected chi connectivity index (χ4v) is 2.03. The van der Waals surface area contributed by atoms with Gasteiger partial charge in [0.15, 0.2) is 11.5 Å².